The number of oxazole rings is 1. The normalized spacial score (nSPS) is 13.5. The van der Waals surface area contributed by atoms with E-state index in [2.05, 4.69) is 15.5 Å². The average Bonchev–Trinajstić information content (AvgIpc) is 2.71. The molecule has 4 N–H and O–H groups in total. The number of nitrogens with two attached hydrogens (primary N) is 1. The molecule has 1 unspecified atom stereocenters. The minimum atomic E-state index is -0.526. The summed E-state index contributed by atoms with van der Waals surface area (Å²) in [7, 11) is 0. The highest BCUT2D eigenvalue weighted by atomic mass is 16.4. The van der Waals surface area contributed by atoms with Gasteiger partial charge in [-0.3, -0.25) is 4.79 Å². The molecule has 0 radical (unpaired) electrons. The lowest BCUT2D eigenvalue weighted by molar-refractivity contribution is 0.0917. The Labute approximate surface area is 92.3 Å². The van der Waals surface area contributed by atoms with E-state index < -0.39 is 11.9 Å². The van der Waals surface area contributed by atoms with Crippen molar-refractivity contribution in [1.29, 1.82) is 0 Å². The molecule has 7 nitrogen and oxygen atoms in total. The molecule has 0 spiro atoms. The fourth-order valence-electron chi connectivity index (χ4n) is 1.20. The van der Waals surface area contributed by atoms with Crippen LogP contribution >= 0.6 is 0 Å². The molecule has 1 rings (SSSR count). The topological polar surface area (TPSA) is 114 Å². The van der Waals surface area contributed by atoms with E-state index in [4.69, 9.17) is 15.4 Å². The molecule has 0 aliphatic carbocycles. The zero-order valence-electron chi connectivity index (χ0n) is 9.10. The summed E-state index contributed by atoms with van der Waals surface area (Å²) in [6.45, 7) is 3.46. The van der Waals surface area contributed by atoms with Crippen LogP contribution in [0.1, 0.15) is 29.6 Å². The van der Waals surface area contributed by atoms with Gasteiger partial charge in [0.2, 0.25) is 5.76 Å². The maximum atomic E-state index is 11.7. The van der Waals surface area contributed by atoms with Crippen LogP contribution in [-0.2, 0) is 0 Å². The zero-order valence-corrected chi connectivity index (χ0v) is 9.10. The Balaban J connectivity index is 2.74. The van der Waals surface area contributed by atoms with E-state index in [-0.39, 0.29) is 11.6 Å². The molecule has 0 aromatic carbocycles. The van der Waals surface area contributed by atoms with Crippen LogP contribution in [0.25, 0.3) is 0 Å². The first-order chi connectivity index (χ1) is 7.60. The van der Waals surface area contributed by atoms with Crippen LogP contribution in [0, 0.1) is 6.92 Å². The number of rotatable bonds is 4. The molecular weight excluding hydrogens is 212 g/mol. The monoisotopic (exact) mass is 226 g/mol. The molecule has 1 aromatic rings. The lowest BCUT2D eigenvalue weighted by Gasteiger charge is -2.14. The lowest BCUT2D eigenvalue weighted by Crippen LogP contribution is -2.44. The molecule has 1 amide bonds. The summed E-state index contributed by atoms with van der Waals surface area (Å²) in [4.78, 5) is 15.5. The second-order valence-corrected chi connectivity index (χ2v) is 3.23. The number of nitrogens with one attached hydrogen (secondary N) is 1. The predicted molar refractivity (Wildman–Crippen MR) is 56.2 cm³/mol. The molecule has 0 saturated carbocycles. The highest BCUT2D eigenvalue weighted by Crippen LogP contribution is 2.05. The van der Waals surface area contributed by atoms with Crippen molar-refractivity contribution in [1.82, 2.24) is 10.3 Å². The van der Waals surface area contributed by atoms with Crippen LogP contribution in [0.4, 0.5) is 0 Å². The van der Waals surface area contributed by atoms with E-state index in [1.807, 2.05) is 0 Å². The number of aromatic nitrogens is 1. The summed E-state index contributed by atoms with van der Waals surface area (Å²) >= 11 is 0. The quantitative estimate of drug-likeness (QED) is 0.294. The van der Waals surface area contributed by atoms with Crippen molar-refractivity contribution in [3.05, 3.63) is 17.8 Å². The van der Waals surface area contributed by atoms with E-state index in [9.17, 15) is 4.79 Å². The van der Waals surface area contributed by atoms with Gasteiger partial charge in [-0.1, -0.05) is 12.1 Å². The number of carbonyl (C=O) groups is 1. The van der Waals surface area contributed by atoms with Crippen molar-refractivity contribution in [2.75, 3.05) is 0 Å². The first kappa shape index (κ1) is 12.0. The number of amides is 1. The van der Waals surface area contributed by atoms with E-state index in [1.165, 1.54) is 6.39 Å². The Bertz CT molecular complexity index is 399. The van der Waals surface area contributed by atoms with Crippen LogP contribution in [0.2, 0.25) is 0 Å². The minimum absolute atomic E-state index is 0.0481. The molecule has 88 valence electrons. The Morgan fingerprint density at radius 3 is 2.94 bits per heavy atom. The fourth-order valence-corrected chi connectivity index (χ4v) is 1.20. The van der Waals surface area contributed by atoms with Gasteiger partial charge in [0.15, 0.2) is 12.2 Å². The predicted octanol–water partition coefficient (Wildman–Crippen LogP) is 0.238. The van der Waals surface area contributed by atoms with E-state index >= 15 is 0 Å². The van der Waals surface area contributed by atoms with Crippen LogP contribution in [-0.4, -0.2) is 28.0 Å². The lowest BCUT2D eigenvalue weighted by atomic mass is 10.2. The number of oxime groups is 1. The maximum Gasteiger partial charge on any atom is 0.289 e. The van der Waals surface area contributed by atoms with Gasteiger partial charge >= 0.3 is 0 Å². The molecule has 1 atom stereocenters. The summed E-state index contributed by atoms with van der Waals surface area (Å²) in [5, 5.41) is 13.9. The van der Waals surface area contributed by atoms with Gasteiger partial charge in [0.25, 0.3) is 5.91 Å². The first-order valence-electron chi connectivity index (χ1n) is 4.78. The molecule has 1 aromatic heterocycles. The van der Waals surface area contributed by atoms with Gasteiger partial charge < -0.3 is 20.7 Å². The van der Waals surface area contributed by atoms with Gasteiger partial charge in [-0.25, -0.2) is 4.98 Å². The number of amidine groups is 1. The van der Waals surface area contributed by atoms with Gasteiger partial charge in [0.05, 0.1) is 11.7 Å². The molecule has 0 aliphatic rings. The SMILES string of the molecule is CCC(NC(=O)c1ocnc1C)C(N)=NO. The Morgan fingerprint density at radius 2 is 2.50 bits per heavy atom. The second kappa shape index (κ2) is 5.15. The number of nitrogens with zero attached hydrogens (tertiary/aromatic N) is 2. The molecule has 16 heavy (non-hydrogen) atoms. The summed E-state index contributed by atoms with van der Waals surface area (Å²) in [5.41, 5.74) is 5.90. The second-order valence-electron chi connectivity index (χ2n) is 3.23. The van der Waals surface area contributed by atoms with Crippen molar-refractivity contribution in [3.63, 3.8) is 0 Å². The fraction of sp³-hybridized carbons (Fsp3) is 0.444. The number of aryl methyl sites for hydroxylation is 1. The van der Waals surface area contributed by atoms with Crippen LogP contribution in [0.15, 0.2) is 16.0 Å². The molecule has 0 fully saturated rings. The van der Waals surface area contributed by atoms with Crippen LogP contribution in [0.3, 0.4) is 0 Å². The number of carbonyl (C=O) groups excluding carboxylic acids is 1. The minimum Gasteiger partial charge on any atom is -0.438 e. The third-order valence-electron chi connectivity index (χ3n) is 2.14. The van der Waals surface area contributed by atoms with Crippen LogP contribution < -0.4 is 11.1 Å². The van der Waals surface area contributed by atoms with E-state index in [1.54, 1.807) is 13.8 Å². The first-order valence-corrected chi connectivity index (χ1v) is 4.78. The van der Waals surface area contributed by atoms with Gasteiger partial charge in [-0.05, 0) is 13.3 Å². The molecule has 0 aliphatic heterocycles. The number of hydrogen-bond acceptors (Lipinski definition) is 5. The third kappa shape index (κ3) is 2.50. The Morgan fingerprint density at radius 1 is 1.81 bits per heavy atom. The van der Waals surface area contributed by atoms with Gasteiger partial charge in [-0.15, -0.1) is 0 Å². The van der Waals surface area contributed by atoms with Crippen molar-refractivity contribution in [2.24, 2.45) is 10.9 Å². The van der Waals surface area contributed by atoms with Crippen molar-refractivity contribution < 1.29 is 14.4 Å². The Hall–Kier alpha value is -2.05. The van der Waals surface area contributed by atoms with Crippen molar-refractivity contribution in [3.8, 4) is 0 Å². The molecule has 7 heteroatoms. The zero-order chi connectivity index (χ0) is 12.1. The largest absolute Gasteiger partial charge is 0.438 e. The maximum absolute atomic E-state index is 11.7. The average molecular weight is 226 g/mol. The van der Waals surface area contributed by atoms with Gasteiger partial charge in [0, 0.05) is 0 Å². The molecule has 0 saturated heterocycles. The number of hydrogen-bond donors (Lipinski definition) is 3. The van der Waals surface area contributed by atoms with Gasteiger partial charge in [0.1, 0.15) is 0 Å². The summed E-state index contributed by atoms with van der Waals surface area (Å²) in [5.74, 6) is -0.356. The molecular formula is C9H14N4O3. The molecule has 1 heterocycles. The standard InChI is InChI=1S/C9H14N4O3/c1-3-6(8(10)13-15)12-9(14)7-5(2)11-4-16-7/h4,6,15H,3H2,1-2H3,(H2,10,13)(H,12,14). The van der Waals surface area contributed by atoms with Crippen LogP contribution in [0.5, 0.6) is 0 Å². The highest BCUT2D eigenvalue weighted by Gasteiger charge is 2.19. The van der Waals surface area contributed by atoms with E-state index in [0.717, 1.165) is 0 Å². The smallest absolute Gasteiger partial charge is 0.289 e. The van der Waals surface area contributed by atoms with Crippen molar-refractivity contribution >= 4 is 11.7 Å². The summed E-state index contributed by atoms with van der Waals surface area (Å²) < 4.78 is 4.92. The van der Waals surface area contributed by atoms with Gasteiger partial charge in [-0.2, -0.15) is 0 Å². The van der Waals surface area contributed by atoms with Crippen molar-refractivity contribution in [2.45, 2.75) is 26.3 Å². The Kier molecular flexibility index (Phi) is 3.87. The third-order valence-corrected chi connectivity index (χ3v) is 2.14. The molecule has 0 bridgehead atoms. The summed E-state index contributed by atoms with van der Waals surface area (Å²) in [6.07, 6.45) is 1.70. The highest BCUT2D eigenvalue weighted by molar-refractivity contribution is 5.96. The van der Waals surface area contributed by atoms with E-state index in [0.29, 0.717) is 12.1 Å². The summed E-state index contributed by atoms with van der Waals surface area (Å²) in [6, 6.07) is -0.526.